The van der Waals surface area contributed by atoms with Crippen molar-refractivity contribution in [3.63, 3.8) is 0 Å². The van der Waals surface area contributed by atoms with E-state index in [9.17, 15) is 0 Å². The molecular formula is C15H20N2OSY9-4. The van der Waals surface area contributed by atoms with E-state index in [0.717, 1.165) is 22.7 Å². The molecule has 2 heterocycles. The molecule has 0 atom stereocenters. The third-order valence-electron chi connectivity index (χ3n) is 2.36. The summed E-state index contributed by atoms with van der Waals surface area (Å²) in [6.07, 6.45) is 0.810. The SMILES string of the molecule is [CH2-]Cc1[c-]c(C(C)C)ns1.[CH2-]c1[c-]c(C(C)C)no1.[Y].[Y].[Y].[Y].[Y].[Y].[Y].[Y].[Y]. The van der Waals surface area contributed by atoms with Gasteiger partial charge >= 0.3 is 0 Å². The molecule has 0 amide bonds. The van der Waals surface area contributed by atoms with Crippen molar-refractivity contribution in [3.8, 4) is 0 Å². The molecule has 2 rings (SSSR count). The van der Waals surface area contributed by atoms with Gasteiger partial charge in [0, 0.05) is 294 Å². The molecule has 0 unspecified atom stereocenters. The number of nitrogens with zero attached hydrogens (tertiary/aromatic N) is 2. The van der Waals surface area contributed by atoms with Gasteiger partial charge in [-0.05, 0) is 11.8 Å². The zero-order valence-corrected chi connectivity index (χ0v) is 43.5. The molecule has 3 nitrogen and oxygen atoms in total. The van der Waals surface area contributed by atoms with Crippen molar-refractivity contribution in [1.29, 1.82) is 0 Å². The molecule has 0 aliphatic carbocycles. The normalized spacial score (nSPS) is 7.25. The van der Waals surface area contributed by atoms with E-state index in [1.54, 1.807) is 0 Å². The summed E-state index contributed by atoms with van der Waals surface area (Å²) in [7, 11) is 0. The second kappa shape index (κ2) is 37.8. The molecule has 13 heteroatoms. The summed E-state index contributed by atoms with van der Waals surface area (Å²) in [6, 6.07) is 6.09. The Morgan fingerprint density at radius 3 is 1.43 bits per heavy atom. The maximum atomic E-state index is 4.71. The first kappa shape index (κ1) is 60.9. The Balaban J connectivity index is -0.0000000279. The molecule has 0 fully saturated rings. The fourth-order valence-electron chi connectivity index (χ4n) is 1.19. The van der Waals surface area contributed by atoms with Crippen molar-refractivity contribution in [2.24, 2.45) is 0 Å². The van der Waals surface area contributed by atoms with E-state index in [2.05, 4.69) is 49.4 Å². The summed E-state index contributed by atoms with van der Waals surface area (Å²) >= 11 is 1.51. The number of rotatable bonds is 3. The Kier molecular flexibility index (Phi) is 82.2. The Morgan fingerprint density at radius 1 is 0.821 bits per heavy atom. The molecule has 0 bridgehead atoms. The minimum atomic E-state index is 0. The van der Waals surface area contributed by atoms with Gasteiger partial charge in [0.05, 0.1) is 0 Å². The van der Waals surface area contributed by atoms with Crippen LogP contribution in [0.1, 0.15) is 61.6 Å². The van der Waals surface area contributed by atoms with Gasteiger partial charge in [0.25, 0.3) is 0 Å². The Bertz CT molecular complexity index is 511. The van der Waals surface area contributed by atoms with E-state index >= 15 is 0 Å². The van der Waals surface area contributed by atoms with Crippen LogP contribution in [0.25, 0.3) is 0 Å². The standard InChI is InChI=1S/C8H11NS.C7H9NO.9Y/c1-4-7-5-8(6(2)3)9-10-7;1-5(2)7-4-6(3)9-8-7;;;;;;;;;/h6H,1,4H2,2-3H3;5H,3H2,1-2H3;;;;;;;;;/q2*-2;;;;;;;;;. The Hall–Kier alpha value is 8.65. The van der Waals surface area contributed by atoms with Gasteiger partial charge in [-0.3, -0.25) is 0 Å². The maximum absolute atomic E-state index is 4.71. The van der Waals surface area contributed by atoms with Crippen LogP contribution in [0.2, 0.25) is 0 Å². The van der Waals surface area contributed by atoms with E-state index in [1.807, 2.05) is 13.8 Å². The second-order valence-corrected chi connectivity index (χ2v) is 5.65. The molecule has 2 aromatic heterocycles. The molecule has 0 aliphatic rings. The smallest absolute Gasteiger partial charge is 0 e. The molecule has 28 heavy (non-hydrogen) atoms. The average molecular weight is 1080 g/mol. The summed E-state index contributed by atoms with van der Waals surface area (Å²) in [5.74, 6) is 1.39. The largest absolute Gasteiger partial charge is 0.436 e. The number of hydrogen-bond donors (Lipinski definition) is 0. The molecule has 0 saturated heterocycles. The van der Waals surface area contributed by atoms with Crippen molar-refractivity contribution in [3.05, 3.63) is 48.0 Å². The van der Waals surface area contributed by atoms with Crippen LogP contribution < -0.4 is 0 Å². The predicted octanol–water partition coefficient (Wildman–Crippen LogP) is 4.20. The van der Waals surface area contributed by atoms with Gasteiger partial charge in [-0.2, -0.15) is 17.1 Å². The minimum absolute atomic E-state index is 0. The summed E-state index contributed by atoms with van der Waals surface area (Å²) in [6.45, 7) is 15.6. The fourth-order valence-corrected chi connectivity index (χ4v) is 1.90. The summed E-state index contributed by atoms with van der Waals surface area (Å²) in [5, 5.41) is 3.72. The molecule has 0 N–H and O–H groups in total. The molecule has 0 saturated carbocycles. The van der Waals surface area contributed by atoms with Gasteiger partial charge in [-0.1, -0.05) is 44.9 Å². The third kappa shape index (κ3) is 29.2. The molecular weight excluding hydrogens is 1060 g/mol. The topological polar surface area (TPSA) is 38.9 Å². The quantitative estimate of drug-likeness (QED) is 0.434. The van der Waals surface area contributed by atoms with Crippen LogP contribution in [0.4, 0.5) is 0 Å². The van der Waals surface area contributed by atoms with Gasteiger partial charge in [0.1, 0.15) is 0 Å². The summed E-state index contributed by atoms with van der Waals surface area (Å²) in [4.78, 5) is 1.16. The zero-order chi connectivity index (χ0) is 14.4. The van der Waals surface area contributed by atoms with Crippen LogP contribution in [0.5, 0.6) is 0 Å². The first-order valence-corrected chi connectivity index (χ1v) is 7.09. The average Bonchev–Trinajstić information content (AvgIpc) is 2.97. The van der Waals surface area contributed by atoms with Crippen molar-refractivity contribution >= 4 is 11.5 Å². The van der Waals surface area contributed by atoms with Gasteiger partial charge < -0.3 is 30.5 Å². The predicted molar refractivity (Wildman–Crippen MR) is 78.0 cm³/mol. The fraction of sp³-hybridized carbons (Fsp3) is 0.467. The van der Waals surface area contributed by atoms with E-state index in [4.69, 9.17) is 4.52 Å². The summed E-state index contributed by atoms with van der Waals surface area (Å²) in [5.41, 5.74) is 1.92. The van der Waals surface area contributed by atoms with Gasteiger partial charge in [-0.15, -0.1) is 10.9 Å². The van der Waals surface area contributed by atoms with Crippen molar-refractivity contribution in [1.82, 2.24) is 9.53 Å². The summed E-state index contributed by atoms with van der Waals surface area (Å²) < 4.78 is 8.94. The van der Waals surface area contributed by atoms with Crippen LogP contribution in [0.15, 0.2) is 4.52 Å². The molecule has 0 aromatic carbocycles. The molecule has 9 radical (unpaired) electrons. The molecule has 0 spiro atoms. The zero-order valence-electron chi connectivity index (χ0n) is 17.2. The van der Waals surface area contributed by atoms with E-state index in [1.165, 1.54) is 11.5 Å². The van der Waals surface area contributed by atoms with Gasteiger partial charge in [0.15, 0.2) is 0 Å². The minimum Gasteiger partial charge on any atom is -0.436 e. The van der Waals surface area contributed by atoms with Crippen LogP contribution in [-0.4, -0.2) is 9.53 Å². The Morgan fingerprint density at radius 2 is 1.25 bits per heavy atom. The van der Waals surface area contributed by atoms with Gasteiger partial charge in [-0.25, -0.2) is 4.37 Å². The number of hydrogen-bond acceptors (Lipinski definition) is 4. The molecule has 0 aliphatic heterocycles. The monoisotopic (exact) mass is 1080 g/mol. The molecule has 133 valence electrons. The van der Waals surface area contributed by atoms with E-state index in [0.29, 0.717) is 17.6 Å². The van der Waals surface area contributed by atoms with Crippen LogP contribution in [0, 0.1) is 26.0 Å². The number of aromatic nitrogens is 2. The molecule has 2 aromatic rings. The van der Waals surface area contributed by atoms with Crippen molar-refractivity contribution in [2.45, 2.75) is 46.0 Å². The van der Waals surface area contributed by atoms with Crippen LogP contribution in [-0.2, 0) is 301 Å². The first-order valence-electron chi connectivity index (χ1n) is 6.31. The first-order chi connectivity index (χ1) is 8.93. The van der Waals surface area contributed by atoms with Crippen LogP contribution >= 0.6 is 11.5 Å². The second-order valence-electron chi connectivity index (χ2n) is 4.79. The van der Waals surface area contributed by atoms with Crippen LogP contribution in [0.3, 0.4) is 0 Å². The van der Waals surface area contributed by atoms with Crippen molar-refractivity contribution < 1.29 is 299 Å². The Labute approximate surface area is 402 Å². The van der Waals surface area contributed by atoms with Crippen molar-refractivity contribution in [2.75, 3.05) is 0 Å². The van der Waals surface area contributed by atoms with Gasteiger partial charge in [0.2, 0.25) is 0 Å². The van der Waals surface area contributed by atoms with E-state index < -0.39 is 0 Å². The van der Waals surface area contributed by atoms with E-state index in [-0.39, 0.29) is 294 Å². The maximum Gasteiger partial charge on any atom is 0 e. The third-order valence-corrected chi connectivity index (χ3v) is 3.18.